The molecule has 0 N–H and O–H groups in total. The van der Waals surface area contributed by atoms with Gasteiger partial charge in [-0.3, -0.25) is 4.90 Å². The lowest BCUT2D eigenvalue weighted by molar-refractivity contribution is -0.154. The lowest BCUT2D eigenvalue weighted by Crippen LogP contribution is -2.60. The first-order chi connectivity index (χ1) is 15.6. The van der Waals surface area contributed by atoms with E-state index in [9.17, 15) is 18.0 Å². The van der Waals surface area contributed by atoms with Crippen LogP contribution in [0.2, 0.25) is 0 Å². The monoisotopic (exact) mass is 474 g/mol. The number of amides is 1. The van der Waals surface area contributed by atoms with E-state index in [4.69, 9.17) is 14.2 Å². The number of esters is 1. The number of carbonyl (C=O) groups excluding carboxylic acids is 2. The van der Waals surface area contributed by atoms with Gasteiger partial charge in [-0.15, -0.1) is 0 Å². The minimum atomic E-state index is -4.14. The summed E-state index contributed by atoms with van der Waals surface area (Å²) < 4.78 is 44.3. The highest BCUT2D eigenvalue weighted by atomic mass is 32.2. The summed E-state index contributed by atoms with van der Waals surface area (Å²) in [5.74, 6) is -1.07. The van der Waals surface area contributed by atoms with Crippen LogP contribution in [-0.4, -0.2) is 58.4 Å². The topological polar surface area (TPSA) is 102 Å². The molecule has 0 aromatic heterocycles. The molecule has 0 spiro atoms. The number of sulfonamides is 1. The molecule has 1 saturated heterocycles. The van der Waals surface area contributed by atoms with Crippen molar-refractivity contribution in [3.8, 4) is 5.75 Å². The molecule has 2 aromatic carbocycles. The van der Waals surface area contributed by atoms with Crippen molar-refractivity contribution >= 4 is 27.8 Å². The number of methoxy groups -OCH3 is 3. The zero-order valence-corrected chi connectivity index (χ0v) is 19.8. The standard InChI is InChI=1S/C23H26N2O7S/c1-14-19-17-8-6-7-9-18(17)25(33(28,29)16-12-10-15(30-3)11-13-16)20(19)24(22(27)32-5)23(14,2)21(26)31-4/h6-14,19-20H,1-5H3/t14-,19+,20-,23-/m0/s1. The lowest BCUT2D eigenvalue weighted by Gasteiger charge is -2.39. The summed E-state index contributed by atoms with van der Waals surface area (Å²) in [6.45, 7) is 3.40. The van der Waals surface area contributed by atoms with E-state index in [0.29, 0.717) is 11.4 Å². The fourth-order valence-electron chi connectivity index (χ4n) is 5.08. The van der Waals surface area contributed by atoms with E-state index >= 15 is 0 Å². The van der Waals surface area contributed by atoms with Crippen molar-refractivity contribution in [3.05, 3.63) is 54.1 Å². The molecule has 2 heterocycles. The highest BCUT2D eigenvalue weighted by Gasteiger charge is 2.67. The second-order valence-corrected chi connectivity index (χ2v) is 10.1. The van der Waals surface area contributed by atoms with Gasteiger partial charge in [0.05, 0.1) is 31.9 Å². The van der Waals surface area contributed by atoms with Gasteiger partial charge < -0.3 is 14.2 Å². The number of carbonyl (C=O) groups is 2. The predicted octanol–water partition coefficient (Wildman–Crippen LogP) is 2.96. The molecule has 0 unspecified atom stereocenters. The maximum absolute atomic E-state index is 13.9. The quantitative estimate of drug-likeness (QED) is 0.628. The van der Waals surface area contributed by atoms with E-state index in [1.807, 2.05) is 19.1 Å². The Morgan fingerprint density at radius 3 is 2.18 bits per heavy atom. The molecule has 1 amide bonds. The van der Waals surface area contributed by atoms with E-state index in [0.717, 1.165) is 5.56 Å². The van der Waals surface area contributed by atoms with Crippen molar-refractivity contribution in [2.75, 3.05) is 25.6 Å². The Hall–Kier alpha value is -3.27. The van der Waals surface area contributed by atoms with Crippen molar-refractivity contribution in [2.45, 2.75) is 36.4 Å². The highest BCUT2D eigenvalue weighted by Crippen LogP contribution is 2.58. The summed E-state index contributed by atoms with van der Waals surface area (Å²) in [6.07, 6.45) is -1.83. The average molecular weight is 475 g/mol. The molecule has 4 atom stereocenters. The minimum Gasteiger partial charge on any atom is -0.497 e. The largest absolute Gasteiger partial charge is 0.497 e. The molecule has 0 bridgehead atoms. The number of hydrogen-bond donors (Lipinski definition) is 0. The van der Waals surface area contributed by atoms with Gasteiger partial charge in [0.25, 0.3) is 10.0 Å². The minimum absolute atomic E-state index is 0.0305. The molecule has 1 fully saturated rings. The van der Waals surface area contributed by atoms with Gasteiger partial charge in [0.15, 0.2) is 0 Å². The van der Waals surface area contributed by atoms with Crippen LogP contribution in [0.15, 0.2) is 53.4 Å². The number of ether oxygens (including phenoxy) is 3. The Kier molecular flexibility index (Phi) is 5.52. The molecular formula is C23H26N2O7S. The molecule has 0 saturated carbocycles. The second-order valence-electron chi connectivity index (χ2n) is 8.24. The number of anilines is 1. The van der Waals surface area contributed by atoms with Crippen molar-refractivity contribution < 1.29 is 32.2 Å². The predicted molar refractivity (Wildman–Crippen MR) is 119 cm³/mol. The SMILES string of the molecule is COC(=O)N1[C@@H]2[C@@H](c3ccccc3N2S(=O)(=O)c2ccc(OC)cc2)[C@H](C)[C@@]1(C)C(=O)OC. The second kappa shape index (κ2) is 7.95. The normalized spacial score (nSPS) is 25.9. The van der Waals surface area contributed by atoms with Gasteiger partial charge >= 0.3 is 12.1 Å². The van der Waals surface area contributed by atoms with Gasteiger partial charge in [0, 0.05) is 11.8 Å². The van der Waals surface area contributed by atoms with Crippen molar-refractivity contribution in [1.82, 2.24) is 4.90 Å². The Balaban J connectivity index is 1.96. The van der Waals surface area contributed by atoms with Crippen LogP contribution in [-0.2, 0) is 24.3 Å². The van der Waals surface area contributed by atoms with Gasteiger partial charge in [0.2, 0.25) is 0 Å². The molecule has 10 heteroatoms. The zero-order chi connectivity index (χ0) is 24.1. The van der Waals surface area contributed by atoms with Crippen molar-refractivity contribution in [2.24, 2.45) is 5.92 Å². The molecule has 2 aliphatic rings. The number of para-hydroxylation sites is 1. The van der Waals surface area contributed by atoms with Gasteiger partial charge in [-0.2, -0.15) is 0 Å². The third kappa shape index (κ3) is 3.07. The van der Waals surface area contributed by atoms with Crippen LogP contribution >= 0.6 is 0 Å². The van der Waals surface area contributed by atoms with Crippen LogP contribution in [0.3, 0.4) is 0 Å². The molecule has 2 aromatic rings. The fraction of sp³-hybridized carbons (Fsp3) is 0.391. The molecule has 0 aliphatic carbocycles. The van der Waals surface area contributed by atoms with Crippen LogP contribution in [0.1, 0.15) is 25.3 Å². The first-order valence-corrected chi connectivity index (χ1v) is 11.8. The van der Waals surface area contributed by atoms with Gasteiger partial charge in [-0.1, -0.05) is 25.1 Å². The lowest BCUT2D eigenvalue weighted by atomic mass is 9.79. The molecule has 176 valence electrons. The van der Waals surface area contributed by atoms with E-state index in [1.54, 1.807) is 31.2 Å². The number of rotatable bonds is 4. The zero-order valence-electron chi connectivity index (χ0n) is 19.0. The molecule has 2 aliphatic heterocycles. The third-order valence-electron chi connectivity index (χ3n) is 6.87. The smallest absolute Gasteiger partial charge is 0.412 e. The van der Waals surface area contributed by atoms with Crippen LogP contribution < -0.4 is 9.04 Å². The number of hydrogen-bond acceptors (Lipinski definition) is 7. The summed E-state index contributed by atoms with van der Waals surface area (Å²) in [4.78, 5) is 27.2. The van der Waals surface area contributed by atoms with E-state index < -0.39 is 45.6 Å². The Bertz CT molecular complexity index is 1200. The number of fused-ring (bicyclic) bond motifs is 3. The van der Waals surface area contributed by atoms with Crippen LogP contribution in [0.4, 0.5) is 10.5 Å². The molecule has 4 rings (SSSR count). The third-order valence-corrected chi connectivity index (χ3v) is 8.67. The maximum atomic E-state index is 13.9. The van der Waals surface area contributed by atoms with Crippen LogP contribution in [0.25, 0.3) is 0 Å². The first kappa shape index (κ1) is 22.9. The molecular weight excluding hydrogens is 448 g/mol. The highest BCUT2D eigenvalue weighted by molar-refractivity contribution is 7.92. The van der Waals surface area contributed by atoms with Gasteiger partial charge in [-0.05, 0) is 42.8 Å². The average Bonchev–Trinajstić information content (AvgIpc) is 3.28. The Morgan fingerprint density at radius 1 is 0.970 bits per heavy atom. The number of likely N-dealkylation sites (tertiary alicyclic amines) is 1. The maximum Gasteiger partial charge on any atom is 0.412 e. The molecule has 33 heavy (non-hydrogen) atoms. The Labute approximate surface area is 192 Å². The van der Waals surface area contributed by atoms with Crippen molar-refractivity contribution in [3.63, 3.8) is 0 Å². The van der Waals surface area contributed by atoms with Crippen molar-refractivity contribution in [1.29, 1.82) is 0 Å². The molecule has 0 radical (unpaired) electrons. The number of nitrogens with zero attached hydrogens (tertiary/aromatic N) is 2. The van der Waals surface area contributed by atoms with Gasteiger partial charge in [-0.25, -0.2) is 22.3 Å². The molecule has 9 nitrogen and oxygen atoms in total. The fourth-order valence-corrected chi connectivity index (χ4v) is 6.72. The summed E-state index contributed by atoms with van der Waals surface area (Å²) in [5, 5.41) is 0. The summed E-state index contributed by atoms with van der Waals surface area (Å²) in [7, 11) is -0.206. The summed E-state index contributed by atoms with van der Waals surface area (Å²) in [5.41, 5.74) is -0.261. The summed E-state index contributed by atoms with van der Waals surface area (Å²) >= 11 is 0. The Morgan fingerprint density at radius 2 is 1.61 bits per heavy atom. The van der Waals surface area contributed by atoms with E-state index in [-0.39, 0.29) is 4.90 Å². The summed E-state index contributed by atoms with van der Waals surface area (Å²) in [6, 6.07) is 13.1. The number of benzene rings is 2. The van der Waals surface area contributed by atoms with E-state index in [1.165, 1.54) is 42.7 Å². The van der Waals surface area contributed by atoms with Crippen LogP contribution in [0, 0.1) is 5.92 Å². The first-order valence-electron chi connectivity index (χ1n) is 10.4. The van der Waals surface area contributed by atoms with E-state index in [2.05, 4.69) is 0 Å². The van der Waals surface area contributed by atoms with Crippen LogP contribution in [0.5, 0.6) is 5.75 Å². The van der Waals surface area contributed by atoms with Gasteiger partial charge in [0.1, 0.15) is 17.5 Å².